The fourth-order valence-electron chi connectivity index (χ4n) is 3.14. The summed E-state index contributed by atoms with van der Waals surface area (Å²) in [5.74, 6) is -0.878. The number of hydrogen-bond donors (Lipinski definition) is 1. The molecule has 2 heterocycles. The van der Waals surface area contributed by atoms with Gasteiger partial charge in [0.2, 0.25) is 0 Å². The molecule has 0 saturated heterocycles. The highest BCUT2D eigenvalue weighted by Gasteiger charge is 2.40. The van der Waals surface area contributed by atoms with Crippen LogP contribution in [0, 0.1) is 11.3 Å². The molecule has 1 aromatic heterocycles. The maximum atomic E-state index is 13.4. The number of amides is 1. The Morgan fingerprint density at radius 1 is 1.32 bits per heavy atom. The lowest BCUT2D eigenvalue weighted by molar-refractivity contribution is -0.138. The van der Waals surface area contributed by atoms with E-state index in [2.05, 4.69) is 11.4 Å². The molecule has 6 nitrogen and oxygen atoms in total. The van der Waals surface area contributed by atoms with Crippen molar-refractivity contribution in [2.24, 2.45) is 0 Å². The predicted molar refractivity (Wildman–Crippen MR) is 113 cm³/mol. The summed E-state index contributed by atoms with van der Waals surface area (Å²) in [7, 11) is 0. The molecule has 1 atom stereocenters. The van der Waals surface area contributed by atoms with E-state index in [0.717, 1.165) is 4.88 Å². The highest BCUT2D eigenvalue weighted by atomic mass is 32.2. The van der Waals surface area contributed by atoms with Gasteiger partial charge < -0.3 is 15.0 Å². The zero-order valence-corrected chi connectivity index (χ0v) is 18.2. The van der Waals surface area contributed by atoms with Gasteiger partial charge in [-0.2, -0.15) is 5.26 Å². The van der Waals surface area contributed by atoms with Crippen molar-refractivity contribution in [2.75, 3.05) is 25.4 Å². The van der Waals surface area contributed by atoms with E-state index in [1.807, 2.05) is 31.4 Å². The number of nitriles is 1. The Balaban J connectivity index is 2.67. The van der Waals surface area contributed by atoms with Crippen molar-refractivity contribution in [2.45, 2.75) is 33.6 Å². The summed E-state index contributed by atoms with van der Waals surface area (Å²) in [6, 6.07) is 5.94. The van der Waals surface area contributed by atoms with Crippen LogP contribution in [-0.4, -0.2) is 42.2 Å². The molecule has 8 heteroatoms. The largest absolute Gasteiger partial charge is 0.463 e. The van der Waals surface area contributed by atoms with E-state index in [9.17, 15) is 9.59 Å². The summed E-state index contributed by atoms with van der Waals surface area (Å²) in [4.78, 5) is 28.9. The van der Waals surface area contributed by atoms with Crippen LogP contribution in [0.3, 0.4) is 0 Å². The van der Waals surface area contributed by atoms with Gasteiger partial charge in [0, 0.05) is 23.7 Å². The van der Waals surface area contributed by atoms with Crippen molar-refractivity contribution in [3.63, 3.8) is 0 Å². The first-order valence-corrected chi connectivity index (χ1v) is 11.1. The topological polar surface area (TPSA) is 82.4 Å². The van der Waals surface area contributed by atoms with Crippen LogP contribution in [0.15, 0.2) is 39.4 Å². The molecule has 1 aliphatic heterocycles. The molecule has 28 heavy (non-hydrogen) atoms. The monoisotopic (exact) mass is 419 g/mol. The van der Waals surface area contributed by atoms with Gasteiger partial charge in [0.05, 0.1) is 40.5 Å². The second-order valence-corrected chi connectivity index (χ2v) is 7.96. The maximum Gasteiger partial charge on any atom is 0.336 e. The van der Waals surface area contributed by atoms with Crippen LogP contribution in [-0.2, 0) is 14.3 Å². The zero-order valence-electron chi connectivity index (χ0n) is 16.6. The fourth-order valence-corrected chi connectivity index (χ4v) is 4.77. The Kier molecular flexibility index (Phi) is 8.15. The Labute approximate surface area is 174 Å². The number of ether oxygens (including phenoxy) is 1. The number of carbonyl (C=O) groups is 2. The number of hydrogen-bond acceptors (Lipinski definition) is 7. The smallest absolute Gasteiger partial charge is 0.336 e. The number of thioether (sulfide) groups is 1. The lowest BCUT2D eigenvalue weighted by atomic mass is 9.85. The highest BCUT2D eigenvalue weighted by molar-refractivity contribution is 8.03. The molecule has 1 aliphatic rings. The molecule has 0 spiro atoms. The number of nitrogens with zero attached hydrogens (tertiary/aromatic N) is 2. The molecule has 0 radical (unpaired) electrons. The van der Waals surface area contributed by atoms with Crippen LogP contribution in [0.1, 0.15) is 38.5 Å². The molecule has 2 rings (SSSR count). The van der Waals surface area contributed by atoms with Crippen LogP contribution in [0.5, 0.6) is 0 Å². The maximum absolute atomic E-state index is 13.4. The first-order chi connectivity index (χ1) is 13.5. The Morgan fingerprint density at radius 3 is 2.57 bits per heavy atom. The molecule has 0 bridgehead atoms. The van der Waals surface area contributed by atoms with Gasteiger partial charge in [0.15, 0.2) is 0 Å². The van der Waals surface area contributed by atoms with E-state index in [0.29, 0.717) is 35.0 Å². The average molecular weight is 420 g/mol. The van der Waals surface area contributed by atoms with E-state index < -0.39 is 11.9 Å². The summed E-state index contributed by atoms with van der Waals surface area (Å²) in [6.45, 7) is 8.79. The van der Waals surface area contributed by atoms with Gasteiger partial charge in [-0.1, -0.05) is 17.8 Å². The lowest BCUT2D eigenvalue weighted by Crippen LogP contribution is -2.39. The second kappa shape index (κ2) is 10.3. The van der Waals surface area contributed by atoms with Gasteiger partial charge in [-0.25, -0.2) is 4.79 Å². The van der Waals surface area contributed by atoms with Crippen molar-refractivity contribution in [1.29, 1.82) is 5.26 Å². The minimum atomic E-state index is -0.519. The second-order valence-electron chi connectivity index (χ2n) is 6.00. The standard InChI is InChI=1S/C20H25N3O3S2/c1-5-23(6-2)19(24)17-16(14-9-8-11-27-14)15(20(25)26-7-3)13(4)22-18(17)28-12-10-21/h8-9,11,16,22H,5-7,12H2,1-4H3/t16-/m1/s1. The molecular formula is C20H25N3O3S2. The molecule has 1 N–H and O–H groups in total. The fraction of sp³-hybridized carbons (Fsp3) is 0.450. The molecule has 0 unspecified atom stereocenters. The molecule has 1 aromatic rings. The first-order valence-electron chi connectivity index (χ1n) is 9.21. The number of likely N-dealkylation sites (N-methyl/N-ethyl adjacent to an activating group) is 1. The van der Waals surface area contributed by atoms with Crippen LogP contribution >= 0.6 is 23.1 Å². The molecular weight excluding hydrogens is 394 g/mol. The molecule has 0 fully saturated rings. The van der Waals surface area contributed by atoms with Gasteiger partial charge in [0.1, 0.15) is 0 Å². The molecule has 0 saturated carbocycles. The minimum absolute atomic E-state index is 0.134. The van der Waals surface area contributed by atoms with E-state index in [-0.39, 0.29) is 18.3 Å². The van der Waals surface area contributed by atoms with Gasteiger partial charge in [-0.15, -0.1) is 11.3 Å². The van der Waals surface area contributed by atoms with Crippen molar-refractivity contribution >= 4 is 35.0 Å². The van der Waals surface area contributed by atoms with Crippen LogP contribution in [0.25, 0.3) is 0 Å². The number of thiophene rings is 1. The minimum Gasteiger partial charge on any atom is -0.463 e. The number of allylic oxidation sites excluding steroid dienone is 1. The summed E-state index contributed by atoms with van der Waals surface area (Å²) < 4.78 is 5.30. The van der Waals surface area contributed by atoms with E-state index >= 15 is 0 Å². The summed E-state index contributed by atoms with van der Waals surface area (Å²) in [5.41, 5.74) is 1.59. The molecule has 1 amide bonds. The van der Waals surface area contributed by atoms with E-state index in [1.165, 1.54) is 23.1 Å². The van der Waals surface area contributed by atoms with Gasteiger partial charge >= 0.3 is 5.97 Å². The molecule has 0 aliphatic carbocycles. The van der Waals surface area contributed by atoms with Crippen molar-refractivity contribution in [3.05, 3.63) is 44.3 Å². The summed E-state index contributed by atoms with van der Waals surface area (Å²) in [6.07, 6.45) is 0. The quantitative estimate of drug-likeness (QED) is 0.648. The predicted octanol–water partition coefficient (Wildman–Crippen LogP) is 3.61. The SMILES string of the molecule is CCOC(=O)C1=C(C)NC(SCC#N)=C(C(=O)N(CC)CC)[C@@H]1c1cccs1. The Morgan fingerprint density at radius 2 is 2.04 bits per heavy atom. The third-order valence-electron chi connectivity index (χ3n) is 4.41. The molecule has 150 valence electrons. The number of dihydropyridines is 1. The number of rotatable bonds is 8. The number of carbonyl (C=O) groups excluding carboxylic acids is 2. The van der Waals surface area contributed by atoms with Crippen LogP contribution in [0.4, 0.5) is 0 Å². The zero-order chi connectivity index (χ0) is 20.7. The number of esters is 1. The first kappa shape index (κ1) is 22.1. The third-order valence-corrected chi connectivity index (χ3v) is 6.23. The van der Waals surface area contributed by atoms with Crippen molar-refractivity contribution in [3.8, 4) is 6.07 Å². The lowest BCUT2D eigenvalue weighted by Gasteiger charge is -2.33. The average Bonchev–Trinajstić information content (AvgIpc) is 3.21. The van der Waals surface area contributed by atoms with Gasteiger partial charge in [-0.3, -0.25) is 4.79 Å². The summed E-state index contributed by atoms with van der Waals surface area (Å²) in [5, 5.41) is 14.8. The highest BCUT2D eigenvalue weighted by Crippen LogP contribution is 2.43. The Bertz CT molecular complexity index is 818. The van der Waals surface area contributed by atoms with Crippen molar-refractivity contribution in [1.82, 2.24) is 10.2 Å². The van der Waals surface area contributed by atoms with Crippen LogP contribution in [0.2, 0.25) is 0 Å². The van der Waals surface area contributed by atoms with Crippen molar-refractivity contribution < 1.29 is 14.3 Å². The van der Waals surface area contributed by atoms with Gasteiger partial charge in [-0.05, 0) is 39.1 Å². The van der Waals surface area contributed by atoms with E-state index in [1.54, 1.807) is 18.7 Å². The molecule has 0 aromatic carbocycles. The number of nitrogens with one attached hydrogen (secondary N) is 1. The van der Waals surface area contributed by atoms with Gasteiger partial charge in [0.25, 0.3) is 5.91 Å². The third kappa shape index (κ3) is 4.59. The Hall–Kier alpha value is -2.24. The normalized spacial score (nSPS) is 16.5. The van der Waals surface area contributed by atoms with Crippen LogP contribution < -0.4 is 5.32 Å². The van der Waals surface area contributed by atoms with E-state index in [4.69, 9.17) is 10.00 Å². The summed E-state index contributed by atoms with van der Waals surface area (Å²) >= 11 is 2.78.